The first-order chi connectivity index (χ1) is 7.83. The molecule has 1 rings (SSSR count). The van der Waals surface area contributed by atoms with Gasteiger partial charge in [-0.05, 0) is 19.1 Å². The number of nitro benzene ring substituents is 1. The van der Waals surface area contributed by atoms with Gasteiger partial charge in [0.25, 0.3) is 0 Å². The van der Waals surface area contributed by atoms with Crippen molar-refractivity contribution in [2.45, 2.75) is 13.3 Å². The first-order valence-electron chi connectivity index (χ1n) is 4.50. The van der Waals surface area contributed by atoms with Gasteiger partial charge in [0.15, 0.2) is 0 Å². The van der Waals surface area contributed by atoms with Crippen LogP contribution in [0.4, 0.5) is 18.9 Å². The summed E-state index contributed by atoms with van der Waals surface area (Å²) in [6.07, 6.45) is -4.97. The molecule has 0 aliphatic rings. The fourth-order valence-corrected chi connectivity index (χ4v) is 1.11. The fraction of sp³-hybridized carbons (Fsp3) is 0.333. The molecule has 0 spiro atoms. The Balaban J connectivity index is 3.09. The van der Waals surface area contributed by atoms with Crippen LogP contribution in [0.5, 0.6) is 11.5 Å². The highest BCUT2D eigenvalue weighted by molar-refractivity contribution is 5.51. The van der Waals surface area contributed by atoms with Crippen LogP contribution < -0.4 is 9.47 Å². The lowest BCUT2D eigenvalue weighted by Gasteiger charge is -2.10. The summed E-state index contributed by atoms with van der Waals surface area (Å²) in [5.74, 6) is -0.764. The number of rotatable bonds is 4. The van der Waals surface area contributed by atoms with E-state index >= 15 is 0 Å². The highest BCUT2D eigenvalue weighted by atomic mass is 19.4. The molecule has 0 saturated carbocycles. The largest absolute Gasteiger partial charge is 0.573 e. The molecule has 0 atom stereocenters. The van der Waals surface area contributed by atoms with Gasteiger partial charge < -0.3 is 9.47 Å². The summed E-state index contributed by atoms with van der Waals surface area (Å²) >= 11 is 0. The Morgan fingerprint density at radius 1 is 1.41 bits per heavy atom. The van der Waals surface area contributed by atoms with Crippen LogP contribution in [0.1, 0.15) is 6.92 Å². The minimum Gasteiger partial charge on any atom is -0.494 e. The highest BCUT2D eigenvalue weighted by Gasteiger charge is 2.34. The molecule has 0 radical (unpaired) electrons. The second-order valence-electron chi connectivity index (χ2n) is 2.87. The van der Waals surface area contributed by atoms with E-state index in [0.717, 1.165) is 18.2 Å². The van der Waals surface area contributed by atoms with E-state index < -0.39 is 22.7 Å². The number of nitrogens with zero attached hydrogens (tertiary/aromatic N) is 1. The summed E-state index contributed by atoms with van der Waals surface area (Å²) in [5.41, 5.74) is -0.798. The Labute approximate surface area is 93.9 Å². The topological polar surface area (TPSA) is 61.6 Å². The van der Waals surface area contributed by atoms with Gasteiger partial charge in [-0.15, -0.1) is 13.2 Å². The van der Waals surface area contributed by atoms with Crippen LogP contribution in [0.2, 0.25) is 0 Å². The number of benzene rings is 1. The number of nitro groups is 1. The average molecular weight is 251 g/mol. The third-order valence-electron chi connectivity index (χ3n) is 1.66. The fourth-order valence-electron chi connectivity index (χ4n) is 1.11. The molecular weight excluding hydrogens is 243 g/mol. The van der Waals surface area contributed by atoms with Crippen LogP contribution in [-0.4, -0.2) is 17.9 Å². The summed E-state index contributed by atoms with van der Waals surface area (Å²) in [6, 6.07) is 2.89. The van der Waals surface area contributed by atoms with Crippen LogP contribution in [0.25, 0.3) is 0 Å². The van der Waals surface area contributed by atoms with E-state index in [4.69, 9.17) is 4.74 Å². The standard InChI is InChI=1S/C9H8F3NO4/c1-2-16-6-3-4-8(17-9(10,11)12)7(5-6)13(14)15/h3-5H,2H2,1H3. The van der Waals surface area contributed by atoms with Gasteiger partial charge in [-0.3, -0.25) is 10.1 Å². The van der Waals surface area contributed by atoms with Crippen LogP contribution >= 0.6 is 0 Å². The monoisotopic (exact) mass is 251 g/mol. The maximum Gasteiger partial charge on any atom is 0.573 e. The third kappa shape index (κ3) is 3.82. The number of halogens is 3. The lowest BCUT2D eigenvalue weighted by molar-refractivity contribution is -0.388. The molecule has 0 N–H and O–H groups in total. The van der Waals surface area contributed by atoms with E-state index in [1.54, 1.807) is 6.92 Å². The summed E-state index contributed by atoms with van der Waals surface area (Å²) in [5, 5.41) is 10.6. The first kappa shape index (κ1) is 13.1. The van der Waals surface area contributed by atoms with E-state index in [1.807, 2.05) is 0 Å². The molecule has 0 aliphatic carbocycles. The van der Waals surface area contributed by atoms with Gasteiger partial charge in [0.1, 0.15) is 5.75 Å². The number of ether oxygens (including phenoxy) is 2. The molecule has 8 heteroatoms. The zero-order chi connectivity index (χ0) is 13.1. The molecule has 94 valence electrons. The predicted molar refractivity (Wildman–Crippen MR) is 50.9 cm³/mol. The smallest absolute Gasteiger partial charge is 0.494 e. The van der Waals surface area contributed by atoms with E-state index in [2.05, 4.69) is 4.74 Å². The van der Waals surface area contributed by atoms with Crippen molar-refractivity contribution in [2.24, 2.45) is 0 Å². The van der Waals surface area contributed by atoms with Crippen LogP contribution in [0.3, 0.4) is 0 Å². The first-order valence-corrected chi connectivity index (χ1v) is 4.50. The summed E-state index contributed by atoms with van der Waals surface area (Å²) in [6.45, 7) is 1.89. The van der Waals surface area contributed by atoms with Crippen LogP contribution in [0, 0.1) is 10.1 Å². The van der Waals surface area contributed by atoms with E-state index in [-0.39, 0.29) is 12.4 Å². The lowest BCUT2D eigenvalue weighted by Crippen LogP contribution is -2.17. The van der Waals surface area contributed by atoms with Crippen LogP contribution in [-0.2, 0) is 0 Å². The molecule has 0 heterocycles. The van der Waals surface area contributed by atoms with E-state index in [0.29, 0.717) is 0 Å². The van der Waals surface area contributed by atoms with Crippen molar-refractivity contribution >= 4 is 5.69 Å². The molecule has 1 aromatic rings. The van der Waals surface area contributed by atoms with Crippen molar-refractivity contribution in [3.63, 3.8) is 0 Å². The Bertz CT molecular complexity index is 419. The predicted octanol–water partition coefficient (Wildman–Crippen LogP) is 2.89. The van der Waals surface area contributed by atoms with Gasteiger partial charge in [-0.1, -0.05) is 0 Å². The molecule has 0 saturated heterocycles. The third-order valence-corrected chi connectivity index (χ3v) is 1.66. The summed E-state index contributed by atoms with van der Waals surface area (Å²) < 4.78 is 44.3. The maximum absolute atomic E-state index is 12.0. The van der Waals surface area contributed by atoms with Crippen LogP contribution in [0.15, 0.2) is 18.2 Å². The van der Waals surface area contributed by atoms with Crippen molar-refractivity contribution in [2.75, 3.05) is 6.61 Å². The molecule has 0 aromatic heterocycles. The van der Waals surface area contributed by atoms with Gasteiger partial charge in [0.2, 0.25) is 5.75 Å². The van der Waals surface area contributed by atoms with Crippen molar-refractivity contribution in [1.82, 2.24) is 0 Å². The molecule has 0 unspecified atom stereocenters. The minimum atomic E-state index is -4.97. The Hall–Kier alpha value is -1.99. The molecule has 5 nitrogen and oxygen atoms in total. The lowest BCUT2D eigenvalue weighted by atomic mass is 10.3. The molecular formula is C9H8F3NO4. The molecule has 0 fully saturated rings. The van der Waals surface area contributed by atoms with Crippen molar-refractivity contribution < 1.29 is 27.6 Å². The highest BCUT2D eigenvalue weighted by Crippen LogP contribution is 2.34. The van der Waals surface area contributed by atoms with Crippen molar-refractivity contribution in [3.8, 4) is 11.5 Å². The summed E-state index contributed by atoms with van der Waals surface area (Å²) in [4.78, 5) is 9.60. The molecule has 1 aromatic carbocycles. The zero-order valence-corrected chi connectivity index (χ0v) is 8.65. The quantitative estimate of drug-likeness (QED) is 0.609. The zero-order valence-electron chi connectivity index (χ0n) is 8.65. The summed E-state index contributed by atoms with van der Waals surface area (Å²) in [7, 11) is 0. The second kappa shape index (κ2) is 4.89. The Morgan fingerprint density at radius 3 is 2.53 bits per heavy atom. The minimum absolute atomic E-state index is 0.105. The van der Waals surface area contributed by atoms with E-state index in [1.165, 1.54) is 0 Å². The van der Waals surface area contributed by atoms with Crippen molar-refractivity contribution in [1.29, 1.82) is 0 Å². The SMILES string of the molecule is CCOc1ccc(OC(F)(F)F)c([N+](=O)[O-])c1. The molecule has 0 aliphatic heterocycles. The average Bonchev–Trinajstić information content (AvgIpc) is 2.18. The van der Waals surface area contributed by atoms with Crippen molar-refractivity contribution in [3.05, 3.63) is 28.3 Å². The normalized spacial score (nSPS) is 11.1. The van der Waals surface area contributed by atoms with Gasteiger partial charge in [-0.2, -0.15) is 0 Å². The Kier molecular flexibility index (Phi) is 3.77. The van der Waals surface area contributed by atoms with Gasteiger partial charge in [0, 0.05) is 0 Å². The molecule has 17 heavy (non-hydrogen) atoms. The Morgan fingerprint density at radius 2 is 2.06 bits per heavy atom. The number of hydrogen-bond acceptors (Lipinski definition) is 4. The maximum atomic E-state index is 12.0. The van der Waals surface area contributed by atoms with Gasteiger partial charge in [0.05, 0.1) is 17.6 Å². The number of hydrogen-bond donors (Lipinski definition) is 0. The van der Waals surface area contributed by atoms with Gasteiger partial charge in [-0.25, -0.2) is 0 Å². The number of alkyl halides is 3. The van der Waals surface area contributed by atoms with E-state index in [9.17, 15) is 23.3 Å². The molecule has 0 amide bonds. The molecule has 0 bridgehead atoms. The van der Waals surface area contributed by atoms with Gasteiger partial charge >= 0.3 is 12.0 Å². The second-order valence-corrected chi connectivity index (χ2v) is 2.87.